The van der Waals surface area contributed by atoms with Crippen molar-refractivity contribution in [2.75, 3.05) is 12.4 Å². The predicted octanol–water partition coefficient (Wildman–Crippen LogP) is 3.97. The molecule has 0 atom stereocenters. The molecule has 1 aromatic carbocycles. The van der Waals surface area contributed by atoms with Gasteiger partial charge in [-0.1, -0.05) is 5.16 Å². The van der Waals surface area contributed by atoms with Crippen molar-refractivity contribution in [2.45, 2.75) is 26.6 Å². The van der Waals surface area contributed by atoms with Gasteiger partial charge in [-0.25, -0.2) is 4.79 Å². The van der Waals surface area contributed by atoms with Crippen LogP contribution in [0.4, 0.5) is 23.7 Å². The molecule has 1 heterocycles. The molecule has 2 aromatic rings. The summed E-state index contributed by atoms with van der Waals surface area (Å²) in [5.41, 5.74) is 1.01. The molecule has 124 valence electrons. The van der Waals surface area contributed by atoms with Crippen LogP contribution < -0.4 is 5.32 Å². The molecular formula is C15H16F3N3O2. The van der Waals surface area contributed by atoms with Crippen LogP contribution in [0.3, 0.4) is 0 Å². The van der Waals surface area contributed by atoms with E-state index in [1.165, 1.54) is 17.0 Å². The molecule has 2 rings (SSSR count). The highest BCUT2D eigenvalue weighted by molar-refractivity contribution is 5.89. The Morgan fingerprint density at radius 1 is 1.26 bits per heavy atom. The van der Waals surface area contributed by atoms with E-state index in [1.54, 1.807) is 20.9 Å². The standard InChI is InChI=1S/C15H16F3N3O2/c1-9-13(10(2)23-20-9)8-21(3)14(22)19-12-6-4-11(5-7-12)15(16,17)18/h4-7H,8H2,1-3H3,(H,19,22). The summed E-state index contributed by atoms with van der Waals surface area (Å²) in [5, 5.41) is 6.35. The van der Waals surface area contributed by atoms with E-state index in [-0.39, 0.29) is 12.2 Å². The van der Waals surface area contributed by atoms with E-state index in [1.807, 2.05) is 0 Å². The van der Waals surface area contributed by atoms with Crippen molar-refractivity contribution in [3.05, 3.63) is 46.8 Å². The number of rotatable bonds is 3. The molecule has 1 N–H and O–H groups in total. The fourth-order valence-electron chi connectivity index (χ4n) is 2.00. The summed E-state index contributed by atoms with van der Waals surface area (Å²) in [6.07, 6.45) is -4.40. The van der Waals surface area contributed by atoms with Crippen molar-refractivity contribution in [3.63, 3.8) is 0 Å². The molecule has 0 saturated heterocycles. The highest BCUT2D eigenvalue weighted by Crippen LogP contribution is 2.29. The Hall–Kier alpha value is -2.51. The lowest BCUT2D eigenvalue weighted by Gasteiger charge is -2.18. The second-order valence-corrected chi connectivity index (χ2v) is 5.16. The Morgan fingerprint density at radius 2 is 1.87 bits per heavy atom. The van der Waals surface area contributed by atoms with Crippen LogP contribution in [-0.4, -0.2) is 23.1 Å². The van der Waals surface area contributed by atoms with Crippen molar-refractivity contribution >= 4 is 11.7 Å². The molecule has 23 heavy (non-hydrogen) atoms. The minimum atomic E-state index is -4.40. The molecule has 0 aliphatic heterocycles. The Bertz CT molecular complexity index is 673. The summed E-state index contributed by atoms with van der Waals surface area (Å²) in [7, 11) is 1.57. The second kappa shape index (κ2) is 6.31. The lowest BCUT2D eigenvalue weighted by molar-refractivity contribution is -0.137. The number of halogens is 3. The SMILES string of the molecule is Cc1noc(C)c1CN(C)C(=O)Nc1ccc(C(F)(F)F)cc1. The van der Waals surface area contributed by atoms with Gasteiger partial charge >= 0.3 is 12.2 Å². The molecular weight excluding hydrogens is 311 g/mol. The minimum absolute atomic E-state index is 0.285. The first-order valence-electron chi connectivity index (χ1n) is 6.79. The predicted molar refractivity (Wildman–Crippen MR) is 77.9 cm³/mol. The summed E-state index contributed by atoms with van der Waals surface area (Å²) >= 11 is 0. The Balaban J connectivity index is 2.01. The molecule has 0 spiro atoms. The number of anilines is 1. The Morgan fingerprint density at radius 3 is 2.35 bits per heavy atom. The largest absolute Gasteiger partial charge is 0.416 e. The number of urea groups is 1. The first-order valence-corrected chi connectivity index (χ1v) is 6.79. The number of hydrogen-bond donors (Lipinski definition) is 1. The number of aromatic nitrogens is 1. The van der Waals surface area contributed by atoms with Gasteiger partial charge in [-0.05, 0) is 38.1 Å². The van der Waals surface area contributed by atoms with Crippen LogP contribution in [0, 0.1) is 13.8 Å². The molecule has 0 fully saturated rings. The van der Waals surface area contributed by atoms with Gasteiger partial charge in [0.15, 0.2) is 0 Å². The zero-order valence-electron chi connectivity index (χ0n) is 12.9. The van der Waals surface area contributed by atoms with Crippen molar-refractivity contribution in [3.8, 4) is 0 Å². The summed E-state index contributed by atoms with van der Waals surface area (Å²) in [6.45, 7) is 3.80. The fourth-order valence-corrected chi connectivity index (χ4v) is 2.00. The number of carbonyl (C=O) groups excluding carboxylic acids is 1. The average molecular weight is 327 g/mol. The van der Waals surface area contributed by atoms with E-state index < -0.39 is 17.8 Å². The van der Waals surface area contributed by atoms with Gasteiger partial charge in [-0.2, -0.15) is 13.2 Å². The third-order valence-corrected chi connectivity index (χ3v) is 3.39. The molecule has 0 aliphatic carbocycles. The van der Waals surface area contributed by atoms with E-state index in [4.69, 9.17) is 4.52 Å². The van der Waals surface area contributed by atoms with Crippen LogP contribution in [-0.2, 0) is 12.7 Å². The third-order valence-electron chi connectivity index (χ3n) is 3.39. The van der Waals surface area contributed by atoms with Crippen LogP contribution in [0.1, 0.15) is 22.6 Å². The maximum Gasteiger partial charge on any atom is 0.416 e. The van der Waals surface area contributed by atoms with E-state index in [9.17, 15) is 18.0 Å². The van der Waals surface area contributed by atoms with Gasteiger partial charge in [-0.3, -0.25) is 0 Å². The normalized spacial score (nSPS) is 11.4. The highest BCUT2D eigenvalue weighted by atomic mass is 19.4. The average Bonchev–Trinajstić information content (AvgIpc) is 2.78. The van der Waals surface area contributed by atoms with Gasteiger partial charge in [0.2, 0.25) is 0 Å². The first kappa shape index (κ1) is 16.9. The number of amides is 2. The summed E-state index contributed by atoms with van der Waals surface area (Å²) < 4.78 is 42.5. The van der Waals surface area contributed by atoms with E-state index in [2.05, 4.69) is 10.5 Å². The van der Waals surface area contributed by atoms with Crippen molar-refractivity contribution < 1.29 is 22.5 Å². The van der Waals surface area contributed by atoms with Crippen molar-refractivity contribution in [1.29, 1.82) is 0 Å². The molecule has 1 aromatic heterocycles. The lowest BCUT2D eigenvalue weighted by Crippen LogP contribution is -2.31. The molecule has 2 amide bonds. The second-order valence-electron chi connectivity index (χ2n) is 5.16. The smallest absolute Gasteiger partial charge is 0.361 e. The summed E-state index contributed by atoms with van der Waals surface area (Å²) in [6, 6.07) is 3.83. The topological polar surface area (TPSA) is 58.4 Å². The van der Waals surface area contributed by atoms with E-state index in [0.717, 1.165) is 17.7 Å². The maximum absolute atomic E-state index is 12.5. The molecule has 0 radical (unpaired) electrons. The number of aryl methyl sites for hydroxylation is 2. The third kappa shape index (κ3) is 4.02. The summed E-state index contributed by atoms with van der Waals surface area (Å²) in [4.78, 5) is 13.5. The lowest BCUT2D eigenvalue weighted by atomic mass is 10.2. The van der Waals surface area contributed by atoms with Gasteiger partial charge in [0.05, 0.1) is 17.8 Å². The zero-order chi connectivity index (χ0) is 17.2. The van der Waals surface area contributed by atoms with E-state index >= 15 is 0 Å². The van der Waals surface area contributed by atoms with Gasteiger partial charge in [-0.15, -0.1) is 0 Å². The van der Waals surface area contributed by atoms with Gasteiger partial charge in [0.25, 0.3) is 0 Å². The van der Waals surface area contributed by atoms with Crippen LogP contribution in [0.25, 0.3) is 0 Å². The fraction of sp³-hybridized carbons (Fsp3) is 0.333. The number of hydrogen-bond acceptors (Lipinski definition) is 3. The van der Waals surface area contributed by atoms with Crippen LogP contribution >= 0.6 is 0 Å². The summed E-state index contributed by atoms with van der Waals surface area (Å²) in [5.74, 6) is 0.622. The Labute approximate surface area is 131 Å². The number of alkyl halides is 3. The molecule has 0 saturated carbocycles. The van der Waals surface area contributed by atoms with E-state index in [0.29, 0.717) is 11.5 Å². The number of nitrogens with zero attached hydrogens (tertiary/aromatic N) is 2. The van der Waals surface area contributed by atoms with Gasteiger partial charge in [0, 0.05) is 18.3 Å². The monoisotopic (exact) mass is 327 g/mol. The van der Waals surface area contributed by atoms with Crippen molar-refractivity contribution in [2.24, 2.45) is 0 Å². The molecule has 0 unspecified atom stereocenters. The minimum Gasteiger partial charge on any atom is -0.361 e. The first-order chi connectivity index (χ1) is 10.7. The van der Waals surface area contributed by atoms with Crippen molar-refractivity contribution in [1.82, 2.24) is 10.1 Å². The maximum atomic E-state index is 12.5. The molecule has 0 aliphatic rings. The van der Waals surface area contributed by atoms with Crippen LogP contribution in [0.2, 0.25) is 0 Å². The number of nitrogens with one attached hydrogen (secondary N) is 1. The Kier molecular flexibility index (Phi) is 4.63. The molecule has 5 nitrogen and oxygen atoms in total. The molecule has 8 heteroatoms. The number of carbonyl (C=O) groups is 1. The quantitative estimate of drug-likeness (QED) is 0.928. The van der Waals surface area contributed by atoms with Gasteiger partial charge in [0.1, 0.15) is 5.76 Å². The molecule has 0 bridgehead atoms. The van der Waals surface area contributed by atoms with Gasteiger partial charge < -0.3 is 14.7 Å². The highest BCUT2D eigenvalue weighted by Gasteiger charge is 2.30. The zero-order valence-corrected chi connectivity index (χ0v) is 12.9. The van der Waals surface area contributed by atoms with Crippen LogP contribution in [0.5, 0.6) is 0 Å². The number of benzene rings is 1. The van der Waals surface area contributed by atoms with Crippen LogP contribution in [0.15, 0.2) is 28.8 Å².